The molecule has 15 heavy (non-hydrogen) atoms. The van der Waals surface area contributed by atoms with E-state index in [0.29, 0.717) is 11.8 Å². The third kappa shape index (κ3) is 2.29. The van der Waals surface area contributed by atoms with Crippen molar-refractivity contribution < 1.29 is 9.13 Å². The Balaban J connectivity index is 2.25. The van der Waals surface area contributed by atoms with E-state index in [1.165, 1.54) is 25.0 Å². The Hall–Kier alpha value is -1.09. The standard InChI is InChI=1S/C12H16FNO/c1-15-12-8-9(13)5-6-10(12)11-4-2-3-7-14-11/h5-6,8,11,14H,2-4,7H2,1H3/t11-/m0/s1. The minimum atomic E-state index is -0.244. The lowest BCUT2D eigenvalue weighted by Gasteiger charge is -2.25. The zero-order chi connectivity index (χ0) is 10.7. The molecule has 1 aliphatic heterocycles. The second-order valence-electron chi connectivity index (χ2n) is 3.89. The third-order valence-electron chi connectivity index (χ3n) is 2.88. The molecule has 2 rings (SSSR count). The Morgan fingerprint density at radius 3 is 2.93 bits per heavy atom. The molecule has 0 aromatic heterocycles. The summed E-state index contributed by atoms with van der Waals surface area (Å²) in [5.74, 6) is 0.404. The fourth-order valence-electron chi connectivity index (χ4n) is 2.09. The van der Waals surface area contributed by atoms with Gasteiger partial charge in [-0.05, 0) is 25.5 Å². The summed E-state index contributed by atoms with van der Waals surface area (Å²) >= 11 is 0. The predicted molar refractivity (Wildman–Crippen MR) is 57.5 cm³/mol. The zero-order valence-electron chi connectivity index (χ0n) is 8.92. The number of hydrogen-bond acceptors (Lipinski definition) is 2. The van der Waals surface area contributed by atoms with Crippen LogP contribution in [0.25, 0.3) is 0 Å². The molecule has 82 valence electrons. The maximum Gasteiger partial charge on any atom is 0.126 e. The number of halogens is 1. The summed E-state index contributed by atoms with van der Waals surface area (Å²) < 4.78 is 18.2. The molecule has 1 aromatic rings. The lowest BCUT2D eigenvalue weighted by Crippen LogP contribution is -2.27. The molecule has 0 amide bonds. The Morgan fingerprint density at radius 2 is 2.27 bits per heavy atom. The van der Waals surface area contributed by atoms with Crippen molar-refractivity contribution in [2.75, 3.05) is 13.7 Å². The van der Waals surface area contributed by atoms with Gasteiger partial charge in [-0.3, -0.25) is 0 Å². The lowest BCUT2D eigenvalue weighted by atomic mass is 9.97. The second-order valence-corrected chi connectivity index (χ2v) is 3.89. The predicted octanol–water partition coefficient (Wildman–Crippen LogP) is 2.65. The minimum absolute atomic E-state index is 0.244. The summed E-state index contributed by atoms with van der Waals surface area (Å²) in [6, 6.07) is 5.07. The van der Waals surface area contributed by atoms with E-state index >= 15 is 0 Å². The molecule has 0 bridgehead atoms. The summed E-state index contributed by atoms with van der Waals surface area (Å²) in [6.45, 7) is 1.03. The van der Waals surface area contributed by atoms with Gasteiger partial charge in [-0.25, -0.2) is 4.39 Å². The molecule has 0 unspecified atom stereocenters. The number of piperidine rings is 1. The molecule has 1 saturated heterocycles. The van der Waals surface area contributed by atoms with E-state index < -0.39 is 0 Å². The van der Waals surface area contributed by atoms with E-state index in [2.05, 4.69) is 5.32 Å². The first kappa shape index (κ1) is 10.4. The largest absolute Gasteiger partial charge is 0.496 e. The fraction of sp³-hybridized carbons (Fsp3) is 0.500. The second kappa shape index (κ2) is 4.62. The average Bonchev–Trinajstić information content (AvgIpc) is 2.30. The van der Waals surface area contributed by atoms with Gasteiger partial charge in [0.1, 0.15) is 11.6 Å². The van der Waals surface area contributed by atoms with Crippen LogP contribution in [-0.4, -0.2) is 13.7 Å². The number of nitrogens with one attached hydrogen (secondary N) is 1. The summed E-state index contributed by atoms with van der Waals surface area (Å²) in [5.41, 5.74) is 1.07. The summed E-state index contributed by atoms with van der Waals surface area (Å²) in [6.07, 6.45) is 3.54. The zero-order valence-corrected chi connectivity index (χ0v) is 8.92. The van der Waals surface area contributed by atoms with E-state index in [-0.39, 0.29) is 5.82 Å². The topological polar surface area (TPSA) is 21.3 Å². The van der Waals surface area contributed by atoms with Crippen molar-refractivity contribution in [1.82, 2.24) is 5.32 Å². The quantitative estimate of drug-likeness (QED) is 0.808. The van der Waals surface area contributed by atoms with Gasteiger partial charge in [-0.1, -0.05) is 12.5 Å². The lowest BCUT2D eigenvalue weighted by molar-refractivity contribution is 0.371. The average molecular weight is 209 g/mol. The molecule has 2 nitrogen and oxygen atoms in total. The summed E-state index contributed by atoms with van der Waals surface area (Å²) in [4.78, 5) is 0. The van der Waals surface area contributed by atoms with Crippen LogP contribution in [0.4, 0.5) is 4.39 Å². The van der Waals surface area contributed by atoms with Gasteiger partial charge in [0.05, 0.1) is 7.11 Å². The molecule has 0 spiro atoms. The van der Waals surface area contributed by atoms with Crippen molar-refractivity contribution in [1.29, 1.82) is 0 Å². The third-order valence-corrected chi connectivity index (χ3v) is 2.88. The first-order valence-electron chi connectivity index (χ1n) is 5.38. The van der Waals surface area contributed by atoms with Crippen LogP contribution in [-0.2, 0) is 0 Å². The van der Waals surface area contributed by atoms with Gasteiger partial charge in [0, 0.05) is 17.7 Å². The molecule has 0 radical (unpaired) electrons. The number of benzene rings is 1. The Morgan fingerprint density at radius 1 is 1.40 bits per heavy atom. The van der Waals surface area contributed by atoms with Gasteiger partial charge >= 0.3 is 0 Å². The molecular formula is C12H16FNO. The molecule has 0 saturated carbocycles. The van der Waals surface area contributed by atoms with Crippen molar-refractivity contribution in [3.63, 3.8) is 0 Å². The first-order valence-corrected chi connectivity index (χ1v) is 5.38. The van der Waals surface area contributed by atoms with E-state index in [9.17, 15) is 4.39 Å². The molecule has 1 N–H and O–H groups in total. The SMILES string of the molecule is COc1cc(F)ccc1[C@@H]1CCCCN1. The summed E-state index contributed by atoms with van der Waals surface area (Å²) in [5, 5.41) is 3.43. The highest BCUT2D eigenvalue weighted by Gasteiger charge is 2.18. The van der Waals surface area contributed by atoms with E-state index in [1.54, 1.807) is 7.11 Å². The highest BCUT2D eigenvalue weighted by Crippen LogP contribution is 2.30. The molecule has 1 aromatic carbocycles. The molecular weight excluding hydrogens is 193 g/mol. The van der Waals surface area contributed by atoms with Crippen molar-refractivity contribution in [2.24, 2.45) is 0 Å². The minimum Gasteiger partial charge on any atom is -0.496 e. The number of hydrogen-bond donors (Lipinski definition) is 1. The van der Waals surface area contributed by atoms with Gasteiger partial charge in [0.2, 0.25) is 0 Å². The highest BCUT2D eigenvalue weighted by atomic mass is 19.1. The Bertz CT molecular complexity index is 334. The molecule has 1 heterocycles. The summed E-state index contributed by atoms with van der Waals surface area (Å²) in [7, 11) is 1.58. The van der Waals surface area contributed by atoms with Crippen LogP contribution in [0.1, 0.15) is 30.9 Å². The van der Waals surface area contributed by atoms with Gasteiger partial charge < -0.3 is 10.1 Å². The fourth-order valence-corrected chi connectivity index (χ4v) is 2.09. The van der Waals surface area contributed by atoms with Gasteiger partial charge in [-0.15, -0.1) is 0 Å². The smallest absolute Gasteiger partial charge is 0.126 e. The number of rotatable bonds is 2. The van der Waals surface area contributed by atoms with Crippen molar-refractivity contribution in [3.05, 3.63) is 29.6 Å². The van der Waals surface area contributed by atoms with Crippen LogP contribution in [0.3, 0.4) is 0 Å². The highest BCUT2D eigenvalue weighted by molar-refractivity contribution is 5.36. The van der Waals surface area contributed by atoms with Gasteiger partial charge in [-0.2, -0.15) is 0 Å². The molecule has 1 atom stereocenters. The van der Waals surface area contributed by atoms with Crippen LogP contribution in [0.15, 0.2) is 18.2 Å². The van der Waals surface area contributed by atoms with Gasteiger partial charge in [0.25, 0.3) is 0 Å². The number of ether oxygens (including phenoxy) is 1. The van der Waals surface area contributed by atoms with E-state index in [0.717, 1.165) is 18.5 Å². The van der Waals surface area contributed by atoms with E-state index in [1.807, 2.05) is 6.07 Å². The number of methoxy groups -OCH3 is 1. The van der Waals surface area contributed by atoms with Crippen LogP contribution >= 0.6 is 0 Å². The van der Waals surface area contributed by atoms with Crippen LogP contribution in [0.2, 0.25) is 0 Å². The maximum atomic E-state index is 13.0. The first-order chi connectivity index (χ1) is 7.31. The Kier molecular flexibility index (Phi) is 3.21. The van der Waals surface area contributed by atoms with Gasteiger partial charge in [0.15, 0.2) is 0 Å². The maximum absolute atomic E-state index is 13.0. The molecule has 3 heteroatoms. The van der Waals surface area contributed by atoms with Crippen molar-refractivity contribution >= 4 is 0 Å². The van der Waals surface area contributed by atoms with Crippen LogP contribution < -0.4 is 10.1 Å². The monoisotopic (exact) mass is 209 g/mol. The van der Waals surface area contributed by atoms with E-state index in [4.69, 9.17) is 4.74 Å². The van der Waals surface area contributed by atoms with Crippen molar-refractivity contribution in [2.45, 2.75) is 25.3 Å². The van der Waals surface area contributed by atoms with Crippen molar-refractivity contribution in [3.8, 4) is 5.75 Å². The van der Waals surface area contributed by atoms with Crippen LogP contribution in [0, 0.1) is 5.82 Å². The molecule has 0 aliphatic carbocycles. The molecule has 1 aliphatic rings. The Labute approximate surface area is 89.4 Å². The normalized spacial score (nSPS) is 21.3. The molecule has 1 fully saturated rings. The van der Waals surface area contributed by atoms with Crippen LogP contribution in [0.5, 0.6) is 5.75 Å².